The Bertz CT molecular complexity index is 185. The van der Waals surface area contributed by atoms with Crippen molar-refractivity contribution in [1.82, 2.24) is 0 Å². The molecule has 0 aliphatic heterocycles. The first-order chi connectivity index (χ1) is 5.95. The minimum atomic E-state index is -1.23. The second kappa shape index (κ2) is 6.20. The largest absolute Gasteiger partial charge is 0.353 e. The Balaban J connectivity index is 3.59. The van der Waals surface area contributed by atoms with Gasteiger partial charge in [0, 0.05) is 6.61 Å². The van der Waals surface area contributed by atoms with Crippen LogP contribution in [-0.4, -0.2) is 27.6 Å². The van der Waals surface area contributed by atoms with E-state index < -0.39 is 8.07 Å². The van der Waals surface area contributed by atoms with Gasteiger partial charge in [-0.15, -0.1) is 5.54 Å². The number of rotatable bonds is 4. The molecule has 0 heterocycles. The van der Waals surface area contributed by atoms with Crippen LogP contribution in [-0.2, 0) is 9.47 Å². The van der Waals surface area contributed by atoms with Gasteiger partial charge < -0.3 is 9.47 Å². The summed E-state index contributed by atoms with van der Waals surface area (Å²) in [6.07, 6.45) is -0.138. The fraction of sp³-hybridized carbons (Fsp3) is 0.800. The van der Waals surface area contributed by atoms with Crippen molar-refractivity contribution in [2.45, 2.75) is 39.8 Å². The van der Waals surface area contributed by atoms with Gasteiger partial charge >= 0.3 is 0 Å². The molecule has 0 saturated heterocycles. The molecule has 3 heteroatoms. The first-order valence-electron chi connectivity index (χ1n) is 4.69. The molecule has 0 aliphatic carbocycles. The highest BCUT2D eigenvalue weighted by Gasteiger charge is 2.07. The van der Waals surface area contributed by atoms with Crippen LogP contribution < -0.4 is 0 Å². The minimum absolute atomic E-state index is 0.138. The van der Waals surface area contributed by atoms with Gasteiger partial charge in [0.25, 0.3) is 0 Å². The van der Waals surface area contributed by atoms with Gasteiger partial charge in [-0.2, -0.15) is 0 Å². The number of hydrogen-bond acceptors (Lipinski definition) is 2. The first-order valence-corrected chi connectivity index (χ1v) is 8.19. The summed E-state index contributed by atoms with van der Waals surface area (Å²) in [5.74, 6) is 3.02. The zero-order chi connectivity index (χ0) is 10.3. The Morgan fingerprint density at radius 1 is 1.23 bits per heavy atom. The van der Waals surface area contributed by atoms with E-state index >= 15 is 0 Å². The standard InChI is InChI=1S/C10H20O2Si/c1-6-11-10(2)12-8-7-9-13(3,4)5/h10H,6,8H2,1-5H3. The SMILES string of the molecule is CCOC(C)OCC#C[Si](C)(C)C. The van der Waals surface area contributed by atoms with E-state index in [4.69, 9.17) is 9.47 Å². The molecule has 0 radical (unpaired) electrons. The van der Waals surface area contributed by atoms with E-state index in [1.807, 2.05) is 13.8 Å². The molecule has 1 atom stereocenters. The van der Waals surface area contributed by atoms with Gasteiger partial charge in [-0.1, -0.05) is 25.6 Å². The topological polar surface area (TPSA) is 18.5 Å². The highest BCUT2D eigenvalue weighted by Crippen LogP contribution is 1.96. The Morgan fingerprint density at radius 3 is 2.31 bits per heavy atom. The van der Waals surface area contributed by atoms with Crippen LogP contribution >= 0.6 is 0 Å². The van der Waals surface area contributed by atoms with Crippen LogP contribution in [0.3, 0.4) is 0 Å². The Kier molecular flexibility index (Phi) is 6.05. The monoisotopic (exact) mass is 200 g/mol. The van der Waals surface area contributed by atoms with Gasteiger partial charge in [0.2, 0.25) is 0 Å². The molecule has 0 amide bonds. The Hall–Kier alpha value is -0.303. The highest BCUT2D eigenvalue weighted by atomic mass is 28.3. The van der Waals surface area contributed by atoms with E-state index in [1.54, 1.807) is 0 Å². The summed E-state index contributed by atoms with van der Waals surface area (Å²) in [6.45, 7) is 11.6. The molecule has 0 bridgehead atoms. The van der Waals surface area contributed by atoms with Gasteiger partial charge in [-0.3, -0.25) is 0 Å². The lowest BCUT2D eigenvalue weighted by atomic mass is 10.7. The number of hydrogen-bond donors (Lipinski definition) is 0. The van der Waals surface area contributed by atoms with Crippen molar-refractivity contribution in [3.05, 3.63) is 0 Å². The second-order valence-corrected chi connectivity index (χ2v) is 8.64. The maximum absolute atomic E-state index is 5.30. The summed E-state index contributed by atoms with van der Waals surface area (Å²) in [4.78, 5) is 0. The van der Waals surface area contributed by atoms with E-state index in [0.717, 1.165) is 0 Å². The van der Waals surface area contributed by atoms with E-state index in [0.29, 0.717) is 13.2 Å². The highest BCUT2D eigenvalue weighted by molar-refractivity contribution is 6.83. The zero-order valence-corrected chi connectivity index (χ0v) is 10.3. The quantitative estimate of drug-likeness (QED) is 0.394. The average Bonchev–Trinajstić information content (AvgIpc) is 1.97. The van der Waals surface area contributed by atoms with Crippen LogP contribution in [0.5, 0.6) is 0 Å². The summed E-state index contributed by atoms with van der Waals surface area (Å²) in [5.41, 5.74) is 3.23. The second-order valence-electron chi connectivity index (χ2n) is 3.89. The van der Waals surface area contributed by atoms with Crippen molar-refractivity contribution in [2.24, 2.45) is 0 Å². The van der Waals surface area contributed by atoms with Crippen molar-refractivity contribution >= 4 is 8.07 Å². The molecule has 0 spiro atoms. The minimum Gasteiger partial charge on any atom is -0.353 e. The van der Waals surface area contributed by atoms with Crippen LogP contribution in [0.2, 0.25) is 19.6 Å². The molecule has 0 N–H and O–H groups in total. The van der Waals surface area contributed by atoms with Gasteiger partial charge in [0.15, 0.2) is 6.29 Å². The fourth-order valence-corrected chi connectivity index (χ4v) is 1.35. The van der Waals surface area contributed by atoms with Crippen LogP contribution in [0.4, 0.5) is 0 Å². The van der Waals surface area contributed by atoms with Gasteiger partial charge in [-0.05, 0) is 13.8 Å². The molecular weight excluding hydrogens is 180 g/mol. The molecule has 0 fully saturated rings. The van der Waals surface area contributed by atoms with E-state index in [2.05, 4.69) is 31.1 Å². The summed E-state index contributed by atoms with van der Waals surface area (Å²) < 4.78 is 10.5. The molecule has 1 unspecified atom stereocenters. The van der Waals surface area contributed by atoms with Gasteiger partial charge in [0.1, 0.15) is 14.7 Å². The van der Waals surface area contributed by atoms with Crippen LogP contribution in [0.25, 0.3) is 0 Å². The molecule has 0 saturated carbocycles. The molecule has 13 heavy (non-hydrogen) atoms. The first kappa shape index (κ1) is 12.7. The van der Waals surface area contributed by atoms with Crippen molar-refractivity contribution in [3.63, 3.8) is 0 Å². The maximum atomic E-state index is 5.30. The average molecular weight is 200 g/mol. The molecule has 2 nitrogen and oxygen atoms in total. The van der Waals surface area contributed by atoms with E-state index in [1.165, 1.54) is 0 Å². The van der Waals surface area contributed by atoms with Crippen LogP contribution in [0.15, 0.2) is 0 Å². The van der Waals surface area contributed by atoms with Gasteiger partial charge in [-0.25, -0.2) is 0 Å². The molecule has 0 rings (SSSR count). The summed E-state index contributed by atoms with van der Waals surface area (Å²) in [7, 11) is -1.23. The summed E-state index contributed by atoms with van der Waals surface area (Å²) >= 11 is 0. The summed E-state index contributed by atoms with van der Waals surface area (Å²) in [5, 5.41) is 0. The lowest BCUT2D eigenvalue weighted by Crippen LogP contribution is -2.17. The molecular formula is C10H20O2Si. The van der Waals surface area contributed by atoms with E-state index in [-0.39, 0.29) is 6.29 Å². The molecule has 0 aromatic carbocycles. The summed E-state index contributed by atoms with van der Waals surface area (Å²) in [6, 6.07) is 0. The fourth-order valence-electron chi connectivity index (χ4n) is 0.743. The van der Waals surface area contributed by atoms with Crippen molar-refractivity contribution < 1.29 is 9.47 Å². The lowest BCUT2D eigenvalue weighted by molar-refractivity contribution is -0.117. The molecule has 0 aliphatic rings. The Labute approximate surface area is 82.6 Å². The third-order valence-corrected chi connectivity index (χ3v) is 2.18. The number of ether oxygens (including phenoxy) is 2. The molecule has 0 aromatic heterocycles. The predicted molar refractivity (Wildman–Crippen MR) is 58.2 cm³/mol. The van der Waals surface area contributed by atoms with Crippen LogP contribution in [0, 0.1) is 11.5 Å². The third-order valence-electron chi connectivity index (χ3n) is 1.25. The third kappa shape index (κ3) is 9.61. The molecule has 0 aromatic rings. The Morgan fingerprint density at radius 2 is 1.85 bits per heavy atom. The van der Waals surface area contributed by atoms with E-state index in [9.17, 15) is 0 Å². The maximum Gasteiger partial charge on any atom is 0.156 e. The predicted octanol–water partition coefficient (Wildman–Crippen LogP) is 2.27. The van der Waals surface area contributed by atoms with Crippen LogP contribution in [0.1, 0.15) is 13.8 Å². The van der Waals surface area contributed by atoms with Crippen molar-refractivity contribution in [3.8, 4) is 11.5 Å². The van der Waals surface area contributed by atoms with Gasteiger partial charge in [0.05, 0.1) is 0 Å². The van der Waals surface area contributed by atoms with Crippen molar-refractivity contribution in [1.29, 1.82) is 0 Å². The zero-order valence-electron chi connectivity index (χ0n) is 9.31. The van der Waals surface area contributed by atoms with Crippen molar-refractivity contribution in [2.75, 3.05) is 13.2 Å². The normalized spacial score (nSPS) is 13.3. The smallest absolute Gasteiger partial charge is 0.156 e. The lowest BCUT2D eigenvalue weighted by Gasteiger charge is -2.10. The molecule has 76 valence electrons.